The number of hydrogen-bond donors (Lipinski definition) is 5. The van der Waals surface area contributed by atoms with Crippen LogP contribution in [-0.4, -0.2) is 95.6 Å². The fraction of sp³-hybridized carbons (Fsp3) is 0.212. The number of anilines is 2. The second kappa shape index (κ2) is 23.0. The maximum atomic E-state index is 14.0. The highest BCUT2D eigenvalue weighted by molar-refractivity contribution is 5.96. The van der Waals surface area contributed by atoms with Crippen molar-refractivity contribution in [3.8, 4) is 39.9 Å². The molecule has 0 spiro atoms. The quantitative estimate of drug-likeness (QED) is 0.0610. The second-order valence-electron chi connectivity index (χ2n) is 16.9. The third kappa shape index (κ3) is 11.5. The molecule has 0 saturated heterocycles. The van der Waals surface area contributed by atoms with Crippen molar-refractivity contribution in [1.29, 1.82) is 0 Å². The van der Waals surface area contributed by atoms with Gasteiger partial charge >= 0.3 is 0 Å². The Bertz CT molecular complexity index is 3380. The minimum atomic E-state index is -0.503. The number of hydrogen-bond acceptors (Lipinski definition) is 16. The van der Waals surface area contributed by atoms with Gasteiger partial charge in [0.2, 0.25) is 0 Å². The predicted octanol–water partition coefficient (Wildman–Crippen LogP) is 5.32. The molecule has 0 aliphatic carbocycles. The summed E-state index contributed by atoms with van der Waals surface area (Å²) in [5, 5.41) is 37.3. The fourth-order valence-corrected chi connectivity index (χ4v) is 8.22. The zero-order chi connectivity index (χ0) is 51.4. The first-order valence-corrected chi connectivity index (χ1v) is 23.6. The largest absolute Gasteiger partial charge is 0.483 e. The molecule has 4 aromatic carbocycles. The van der Waals surface area contributed by atoms with Gasteiger partial charge in [-0.1, -0.05) is 49.4 Å². The van der Waals surface area contributed by atoms with Crippen molar-refractivity contribution >= 4 is 29.1 Å². The summed E-state index contributed by atoms with van der Waals surface area (Å²) in [6, 6.07) is 29.1. The number of aromatic nitrogens is 13. The molecule has 0 fully saturated rings. The van der Waals surface area contributed by atoms with Gasteiger partial charge in [0, 0.05) is 68.1 Å². The number of benzene rings is 4. The molecule has 9 rings (SSSR count). The highest BCUT2D eigenvalue weighted by Crippen LogP contribution is 2.35. The third-order valence-corrected chi connectivity index (χ3v) is 12.3. The first-order valence-electron chi connectivity index (χ1n) is 23.6. The summed E-state index contributed by atoms with van der Waals surface area (Å²) in [6.45, 7) is 2.93. The lowest BCUT2D eigenvalue weighted by molar-refractivity contribution is -0.122. The molecular weight excluding hydrogens is 941 g/mol. The average molecular weight is 993 g/mol. The highest BCUT2D eigenvalue weighted by atomic mass is 16.5. The maximum Gasteiger partial charge on any atom is 0.257 e. The minimum absolute atomic E-state index is 0.155. The molecule has 5 heterocycles. The van der Waals surface area contributed by atoms with Gasteiger partial charge < -0.3 is 40.5 Å². The molecule has 1 atom stereocenters. The van der Waals surface area contributed by atoms with Crippen molar-refractivity contribution in [3.05, 3.63) is 174 Å². The van der Waals surface area contributed by atoms with Gasteiger partial charge in [-0.3, -0.25) is 14.4 Å². The number of nitrogens with one attached hydrogen (secondary N) is 5. The zero-order valence-electron chi connectivity index (χ0n) is 41.0. The van der Waals surface area contributed by atoms with E-state index in [4.69, 9.17) is 4.74 Å². The standard InChI is InChI=1S/C52H52N18O4/c1-5-42(63-52(73)35-10-7-13-38(22-35)58-26-47-65-67-50(69(47)4)44-18-20-55-30-61-44)40-16-15-33(23-45(40)74-28-48(71)53-2)39-14-8-11-36(27-70-32-56-31-62-70)41(39)24-59-51(72)34-9-6-12-37(21-34)57-25-46-64-66-49(68(46)3)43-17-19-54-29-60-43/h6-23,29-32,42,57-58H,5,24-28H2,1-4H3,(H,53,71)(H,59,72)(H,63,73). The van der Waals surface area contributed by atoms with E-state index in [0.717, 1.165) is 27.9 Å². The van der Waals surface area contributed by atoms with Gasteiger partial charge in [0.25, 0.3) is 17.7 Å². The number of nitrogens with zero attached hydrogens (tertiary/aromatic N) is 13. The number of carbonyl (C=O) groups is 3. The van der Waals surface area contributed by atoms with Crippen LogP contribution in [0.2, 0.25) is 0 Å². The molecule has 22 nitrogen and oxygen atoms in total. The third-order valence-electron chi connectivity index (χ3n) is 12.3. The van der Waals surface area contributed by atoms with Gasteiger partial charge in [0.1, 0.15) is 42.4 Å². The van der Waals surface area contributed by atoms with E-state index in [1.807, 2.05) is 84.8 Å². The van der Waals surface area contributed by atoms with E-state index in [1.54, 1.807) is 65.9 Å². The van der Waals surface area contributed by atoms with Crippen LogP contribution >= 0.6 is 0 Å². The fourth-order valence-electron chi connectivity index (χ4n) is 8.22. The van der Waals surface area contributed by atoms with Crippen molar-refractivity contribution in [2.45, 2.75) is 45.6 Å². The van der Waals surface area contributed by atoms with Crippen LogP contribution in [0.1, 0.15) is 68.4 Å². The number of likely N-dealkylation sites (N-methyl/N-ethyl adjacent to an activating group) is 1. The number of rotatable bonds is 21. The first-order chi connectivity index (χ1) is 36.1. The molecule has 0 aliphatic rings. The van der Waals surface area contributed by atoms with E-state index in [9.17, 15) is 14.4 Å². The van der Waals surface area contributed by atoms with E-state index in [0.29, 0.717) is 88.9 Å². The van der Waals surface area contributed by atoms with Crippen LogP contribution in [0.25, 0.3) is 34.2 Å². The molecule has 9 aromatic rings. The molecule has 0 bridgehead atoms. The predicted molar refractivity (Wildman–Crippen MR) is 274 cm³/mol. The summed E-state index contributed by atoms with van der Waals surface area (Å²) in [4.78, 5) is 61.3. The molecule has 74 heavy (non-hydrogen) atoms. The lowest BCUT2D eigenvalue weighted by atomic mass is 9.92. The van der Waals surface area contributed by atoms with Crippen molar-refractivity contribution in [1.82, 2.24) is 80.2 Å². The molecule has 374 valence electrons. The summed E-state index contributed by atoms with van der Waals surface area (Å²) in [7, 11) is 5.27. The van der Waals surface area contributed by atoms with Crippen LogP contribution in [0, 0.1) is 0 Å². The monoisotopic (exact) mass is 992 g/mol. The van der Waals surface area contributed by atoms with E-state index < -0.39 is 6.04 Å². The smallest absolute Gasteiger partial charge is 0.257 e. The summed E-state index contributed by atoms with van der Waals surface area (Å²) < 4.78 is 11.7. The van der Waals surface area contributed by atoms with E-state index >= 15 is 0 Å². The summed E-state index contributed by atoms with van der Waals surface area (Å²) in [5.41, 5.74) is 7.60. The number of carbonyl (C=O) groups excluding carboxylic acids is 3. The maximum absolute atomic E-state index is 14.0. The second-order valence-corrected chi connectivity index (χ2v) is 16.9. The summed E-state index contributed by atoms with van der Waals surface area (Å²) in [6.07, 6.45) is 9.84. The molecule has 3 amide bonds. The Morgan fingerprint density at radius 1 is 0.676 bits per heavy atom. The van der Waals surface area contributed by atoms with Gasteiger partial charge in [0.05, 0.1) is 25.7 Å². The van der Waals surface area contributed by atoms with Crippen molar-refractivity contribution in [2.75, 3.05) is 24.3 Å². The number of amides is 3. The van der Waals surface area contributed by atoms with Crippen LogP contribution in [-0.2, 0) is 45.1 Å². The van der Waals surface area contributed by atoms with Crippen molar-refractivity contribution in [3.63, 3.8) is 0 Å². The van der Waals surface area contributed by atoms with E-state index in [-0.39, 0.29) is 30.9 Å². The molecule has 0 radical (unpaired) electrons. The zero-order valence-corrected chi connectivity index (χ0v) is 41.0. The van der Waals surface area contributed by atoms with Gasteiger partial charge in [-0.05, 0) is 83.3 Å². The summed E-state index contributed by atoms with van der Waals surface area (Å²) >= 11 is 0. The minimum Gasteiger partial charge on any atom is -0.483 e. The van der Waals surface area contributed by atoms with Crippen molar-refractivity contribution in [2.24, 2.45) is 14.1 Å². The molecular formula is C52H52N18O4. The van der Waals surface area contributed by atoms with Crippen LogP contribution in [0.3, 0.4) is 0 Å². The Morgan fingerprint density at radius 3 is 1.89 bits per heavy atom. The Balaban J connectivity index is 0.929. The van der Waals surface area contributed by atoms with Crippen LogP contribution in [0.15, 0.2) is 135 Å². The van der Waals surface area contributed by atoms with E-state index in [2.05, 4.69) is 77.0 Å². The molecule has 5 N–H and O–H groups in total. The SMILES string of the molecule is CCC(NC(=O)c1cccc(NCc2nnc(-c3ccncn3)n2C)c1)c1ccc(-c2cccc(Cn3cncn3)c2CNC(=O)c2cccc(NCc3nnc(-c4ccncn4)n3C)c2)cc1OCC(=O)NC. The van der Waals surface area contributed by atoms with E-state index in [1.165, 1.54) is 26.0 Å². The van der Waals surface area contributed by atoms with Gasteiger partial charge in [-0.15, -0.1) is 20.4 Å². The first kappa shape index (κ1) is 49.3. The molecule has 22 heteroatoms. The topological polar surface area (TPSA) is 264 Å². The summed E-state index contributed by atoms with van der Waals surface area (Å²) in [5.74, 6) is 2.06. The lowest BCUT2D eigenvalue weighted by Crippen LogP contribution is -2.29. The van der Waals surface area contributed by atoms with Gasteiger partial charge in [-0.25, -0.2) is 29.6 Å². The average Bonchev–Trinajstić information content (AvgIpc) is 4.20. The van der Waals surface area contributed by atoms with Crippen LogP contribution < -0.4 is 31.3 Å². The van der Waals surface area contributed by atoms with Crippen LogP contribution in [0.4, 0.5) is 11.4 Å². The van der Waals surface area contributed by atoms with Crippen molar-refractivity contribution < 1.29 is 19.1 Å². The molecule has 0 saturated carbocycles. The van der Waals surface area contributed by atoms with Gasteiger partial charge in [-0.2, -0.15) is 5.10 Å². The Kier molecular flexibility index (Phi) is 15.3. The Hall–Kier alpha value is -9.73. The molecule has 1 unspecified atom stereocenters. The molecule has 5 aromatic heterocycles. The normalized spacial score (nSPS) is 11.4. The van der Waals surface area contributed by atoms with Gasteiger partial charge in [0.15, 0.2) is 29.9 Å². The highest BCUT2D eigenvalue weighted by Gasteiger charge is 2.22. The lowest BCUT2D eigenvalue weighted by Gasteiger charge is -2.23. The Labute approximate surface area is 425 Å². The molecule has 0 aliphatic heterocycles. The van der Waals surface area contributed by atoms with Crippen LogP contribution in [0.5, 0.6) is 5.75 Å². The number of ether oxygens (including phenoxy) is 1. The Morgan fingerprint density at radius 2 is 1.31 bits per heavy atom.